The molecular weight excluding hydrogens is 240 g/mol. The van der Waals surface area contributed by atoms with Crippen LogP contribution in [0.1, 0.15) is 49.7 Å². The third-order valence-corrected chi connectivity index (χ3v) is 4.76. The molecule has 3 rings (SSSR count). The van der Waals surface area contributed by atoms with Crippen molar-refractivity contribution in [1.29, 1.82) is 0 Å². The molecule has 0 aromatic carbocycles. The fourth-order valence-electron chi connectivity index (χ4n) is 3.57. The third-order valence-electron chi connectivity index (χ3n) is 4.76. The zero-order valence-electron chi connectivity index (χ0n) is 11.9. The Labute approximate surface area is 114 Å². The van der Waals surface area contributed by atoms with Gasteiger partial charge in [0.05, 0.1) is 0 Å². The lowest BCUT2D eigenvalue weighted by Crippen LogP contribution is -2.39. The Morgan fingerprint density at radius 1 is 1.32 bits per heavy atom. The van der Waals surface area contributed by atoms with E-state index >= 15 is 0 Å². The van der Waals surface area contributed by atoms with Gasteiger partial charge in [-0.1, -0.05) is 5.16 Å². The van der Waals surface area contributed by atoms with Crippen molar-refractivity contribution in [3.63, 3.8) is 0 Å². The highest BCUT2D eigenvalue weighted by molar-refractivity contribution is 5.05. The maximum absolute atomic E-state index is 5.38. The molecular formula is C14H24N4O. The summed E-state index contributed by atoms with van der Waals surface area (Å²) in [6.07, 6.45) is 7.00. The summed E-state index contributed by atoms with van der Waals surface area (Å²) in [7, 11) is 4.23. The second-order valence-electron chi connectivity index (χ2n) is 5.97. The fourth-order valence-corrected chi connectivity index (χ4v) is 3.57. The fraction of sp³-hybridized carbons (Fsp3) is 0.857. The van der Waals surface area contributed by atoms with Crippen LogP contribution in [0.3, 0.4) is 0 Å². The van der Waals surface area contributed by atoms with Gasteiger partial charge in [-0.3, -0.25) is 0 Å². The minimum atomic E-state index is 0.510. The molecule has 1 aromatic rings. The Balaban J connectivity index is 1.60. The van der Waals surface area contributed by atoms with E-state index in [0.29, 0.717) is 5.92 Å². The molecule has 0 amide bonds. The van der Waals surface area contributed by atoms with Gasteiger partial charge in [-0.05, 0) is 52.7 Å². The highest BCUT2D eigenvalue weighted by Crippen LogP contribution is 2.41. The van der Waals surface area contributed by atoms with Gasteiger partial charge in [0.1, 0.15) is 0 Å². The molecule has 5 heteroatoms. The first-order valence-electron chi connectivity index (χ1n) is 7.47. The number of aryl methyl sites for hydroxylation is 1. The van der Waals surface area contributed by atoms with Gasteiger partial charge >= 0.3 is 0 Å². The molecule has 1 N–H and O–H groups in total. The number of nitrogens with zero attached hydrogens (tertiary/aromatic N) is 3. The van der Waals surface area contributed by atoms with Crippen LogP contribution in [0.15, 0.2) is 4.52 Å². The summed E-state index contributed by atoms with van der Waals surface area (Å²) in [5.41, 5.74) is 0. The molecule has 3 heterocycles. The Hall–Kier alpha value is -0.940. The quantitative estimate of drug-likeness (QED) is 0.818. The number of hydrogen-bond acceptors (Lipinski definition) is 5. The summed E-state index contributed by atoms with van der Waals surface area (Å²) < 4.78 is 5.38. The lowest BCUT2D eigenvalue weighted by atomic mass is 9.90. The van der Waals surface area contributed by atoms with Crippen molar-refractivity contribution in [3.05, 3.63) is 11.7 Å². The minimum Gasteiger partial charge on any atom is -0.339 e. The van der Waals surface area contributed by atoms with Crippen molar-refractivity contribution >= 4 is 0 Å². The van der Waals surface area contributed by atoms with E-state index in [1.165, 1.54) is 25.7 Å². The number of nitrogens with one attached hydrogen (secondary N) is 1. The SMILES string of the molecule is CNCCCc1nc(C2CC3CCC(C2)N3C)no1. The monoisotopic (exact) mass is 264 g/mol. The van der Waals surface area contributed by atoms with Gasteiger partial charge in [-0.2, -0.15) is 4.98 Å². The minimum absolute atomic E-state index is 0.510. The van der Waals surface area contributed by atoms with Crippen molar-refractivity contribution in [1.82, 2.24) is 20.4 Å². The predicted octanol–water partition coefficient (Wildman–Crippen LogP) is 1.56. The Morgan fingerprint density at radius 3 is 2.74 bits per heavy atom. The van der Waals surface area contributed by atoms with E-state index in [9.17, 15) is 0 Å². The zero-order chi connectivity index (χ0) is 13.2. The largest absolute Gasteiger partial charge is 0.339 e. The molecule has 2 unspecified atom stereocenters. The molecule has 0 radical (unpaired) electrons. The normalized spacial score (nSPS) is 30.9. The average molecular weight is 264 g/mol. The number of hydrogen-bond donors (Lipinski definition) is 1. The molecule has 106 valence electrons. The maximum atomic E-state index is 5.38. The highest BCUT2D eigenvalue weighted by Gasteiger charge is 2.40. The molecule has 2 atom stereocenters. The maximum Gasteiger partial charge on any atom is 0.226 e. The van der Waals surface area contributed by atoms with Crippen LogP contribution >= 0.6 is 0 Å². The van der Waals surface area contributed by atoms with E-state index in [2.05, 4.69) is 27.4 Å². The van der Waals surface area contributed by atoms with E-state index in [4.69, 9.17) is 4.52 Å². The van der Waals surface area contributed by atoms with Crippen molar-refractivity contribution < 1.29 is 4.52 Å². The standard InChI is InChI=1S/C14H24N4O/c1-15-7-3-4-13-16-14(17-19-13)10-8-11-5-6-12(9-10)18(11)2/h10-12,15H,3-9H2,1-2H3. The number of piperidine rings is 1. The van der Waals surface area contributed by atoms with Crippen molar-refractivity contribution in [2.45, 2.75) is 56.5 Å². The third kappa shape index (κ3) is 2.67. The van der Waals surface area contributed by atoms with Crippen molar-refractivity contribution in [2.75, 3.05) is 20.6 Å². The van der Waals surface area contributed by atoms with Crippen molar-refractivity contribution in [3.8, 4) is 0 Å². The first-order chi connectivity index (χ1) is 9.28. The van der Waals surface area contributed by atoms with Gasteiger partial charge < -0.3 is 14.7 Å². The lowest BCUT2D eigenvalue weighted by molar-refractivity contribution is 0.157. The van der Waals surface area contributed by atoms with Crippen LogP contribution in [0.25, 0.3) is 0 Å². The van der Waals surface area contributed by atoms with E-state index in [0.717, 1.165) is 43.2 Å². The van der Waals surface area contributed by atoms with Crippen LogP contribution in [0.5, 0.6) is 0 Å². The molecule has 2 aliphatic heterocycles. The predicted molar refractivity (Wildman–Crippen MR) is 73.1 cm³/mol. The molecule has 0 saturated carbocycles. The molecule has 19 heavy (non-hydrogen) atoms. The first kappa shape index (κ1) is 13.1. The van der Waals surface area contributed by atoms with Crippen LogP contribution in [-0.2, 0) is 6.42 Å². The molecule has 2 aliphatic rings. The molecule has 1 aromatic heterocycles. The molecule has 0 aliphatic carbocycles. The van der Waals surface area contributed by atoms with E-state index in [-0.39, 0.29) is 0 Å². The van der Waals surface area contributed by atoms with Crippen LogP contribution in [-0.4, -0.2) is 47.8 Å². The Morgan fingerprint density at radius 2 is 2.05 bits per heavy atom. The van der Waals surface area contributed by atoms with Crippen LogP contribution in [0.2, 0.25) is 0 Å². The average Bonchev–Trinajstić information content (AvgIpc) is 2.93. The molecule has 5 nitrogen and oxygen atoms in total. The van der Waals surface area contributed by atoms with Crippen LogP contribution < -0.4 is 5.32 Å². The molecule has 2 fully saturated rings. The van der Waals surface area contributed by atoms with E-state index < -0.39 is 0 Å². The topological polar surface area (TPSA) is 54.2 Å². The van der Waals surface area contributed by atoms with Gasteiger partial charge in [-0.25, -0.2) is 0 Å². The number of rotatable bonds is 5. The molecule has 0 spiro atoms. The smallest absolute Gasteiger partial charge is 0.226 e. The Kier molecular flexibility index (Phi) is 3.84. The summed E-state index contributed by atoms with van der Waals surface area (Å²) in [5.74, 6) is 2.26. The second-order valence-corrected chi connectivity index (χ2v) is 5.97. The summed E-state index contributed by atoms with van der Waals surface area (Å²) in [4.78, 5) is 7.15. The molecule has 2 saturated heterocycles. The zero-order valence-corrected chi connectivity index (χ0v) is 11.9. The van der Waals surface area contributed by atoms with Gasteiger partial charge in [-0.15, -0.1) is 0 Å². The summed E-state index contributed by atoms with van der Waals surface area (Å²) in [5, 5.41) is 7.35. The summed E-state index contributed by atoms with van der Waals surface area (Å²) in [6.45, 7) is 0.996. The number of fused-ring (bicyclic) bond motifs is 2. The van der Waals surface area contributed by atoms with Crippen LogP contribution in [0.4, 0.5) is 0 Å². The lowest BCUT2D eigenvalue weighted by Gasteiger charge is -2.34. The van der Waals surface area contributed by atoms with Crippen LogP contribution in [0, 0.1) is 0 Å². The highest BCUT2D eigenvalue weighted by atomic mass is 16.5. The Bertz CT molecular complexity index is 405. The van der Waals surface area contributed by atoms with E-state index in [1.807, 2.05) is 7.05 Å². The summed E-state index contributed by atoms with van der Waals surface area (Å²) in [6, 6.07) is 1.46. The molecule has 2 bridgehead atoms. The van der Waals surface area contributed by atoms with Gasteiger partial charge in [0.2, 0.25) is 5.89 Å². The van der Waals surface area contributed by atoms with Gasteiger partial charge in [0.15, 0.2) is 5.82 Å². The number of aromatic nitrogens is 2. The second kappa shape index (κ2) is 5.59. The van der Waals surface area contributed by atoms with Crippen molar-refractivity contribution in [2.24, 2.45) is 0 Å². The summed E-state index contributed by atoms with van der Waals surface area (Å²) >= 11 is 0. The first-order valence-corrected chi connectivity index (χ1v) is 7.47. The van der Waals surface area contributed by atoms with Gasteiger partial charge in [0, 0.05) is 24.4 Å². The van der Waals surface area contributed by atoms with E-state index in [1.54, 1.807) is 0 Å². The van der Waals surface area contributed by atoms with Gasteiger partial charge in [0.25, 0.3) is 0 Å².